The quantitative estimate of drug-likeness (QED) is 0.0987. The van der Waals surface area contributed by atoms with Crippen molar-refractivity contribution in [2.75, 3.05) is 0 Å². The minimum atomic E-state index is -4.49. The van der Waals surface area contributed by atoms with E-state index in [4.69, 9.17) is 0 Å². The van der Waals surface area contributed by atoms with Gasteiger partial charge in [-0.25, -0.2) is 8.42 Å². The first-order chi connectivity index (χ1) is 17.5. The van der Waals surface area contributed by atoms with Crippen LogP contribution in [0.25, 0.3) is 10.8 Å². The average molecular weight is 539 g/mol. The number of fused-ring (bicyclic) bond motifs is 1. The summed E-state index contributed by atoms with van der Waals surface area (Å²) < 4.78 is 36.4. The molecule has 0 unspecified atom stereocenters. The molecule has 2 rings (SSSR count). The second-order valence-electron chi connectivity index (χ2n) is 10.7. The molecular formula is C32H51NaO3S. The number of rotatable bonds is 21. The largest absolute Gasteiger partial charge is 1.00 e. The Kier molecular flexibility index (Phi) is 19.2. The summed E-state index contributed by atoms with van der Waals surface area (Å²) in [6.07, 6.45) is 24.2. The molecule has 5 heteroatoms. The Hall–Kier alpha value is -0.390. The van der Waals surface area contributed by atoms with Gasteiger partial charge in [-0.2, -0.15) is 0 Å². The van der Waals surface area contributed by atoms with Crippen LogP contribution in [0.2, 0.25) is 0 Å². The summed E-state index contributed by atoms with van der Waals surface area (Å²) in [5, 5.41) is 2.08. The van der Waals surface area contributed by atoms with Crippen molar-refractivity contribution in [1.29, 1.82) is 0 Å². The van der Waals surface area contributed by atoms with Crippen LogP contribution < -0.4 is 29.6 Å². The van der Waals surface area contributed by atoms with Crippen LogP contribution >= 0.6 is 0 Å². The van der Waals surface area contributed by atoms with Crippen LogP contribution in [0.3, 0.4) is 0 Å². The smallest absolute Gasteiger partial charge is 0.744 e. The van der Waals surface area contributed by atoms with E-state index in [0.29, 0.717) is 6.42 Å². The van der Waals surface area contributed by atoms with E-state index in [9.17, 15) is 13.0 Å². The van der Waals surface area contributed by atoms with Crippen molar-refractivity contribution < 1.29 is 42.5 Å². The Labute approximate surface area is 250 Å². The van der Waals surface area contributed by atoms with Gasteiger partial charge in [0.25, 0.3) is 0 Å². The summed E-state index contributed by atoms with van der Waals surface area (Å²) in [5.41, 5.74) is 1.96. The van der Waals surface area contributed by atoms with Crippen LogP contribution in [0.15, 0.2) is 35.2 Å². The van der Waals surface area contributed by atoms with Gasteiger partial charge in [-0.05, 0) is 53.6 Å². The fraction of sp³-hybridized carbons (Fsp3) is 0.688. The maximum atomic E-state index is 12.1. The van der Waals surface area contributed by atoms with Crippen LogP contribution in [0.4, 0.5) is 0 Å². The Balaban J connectivity index is 0.00000684. The standard InChI is InChI=1S/C32H52O3S.Na/c1-3-5-7-9-11-13-15-17-19-22-28-23-21-24-29-26-27-31(36(33,34)35)30(32(28)29)25-20-18-16-14-12-10-8-6-4-2;/h21,23-24,26-27H,3-20,22,25H2,1-2H3,(H,33,34,35);/q;+1/p-1. The summed E-state index contributed by atoms with van der Waals surface area (Å²) in [4.78, 5) is -0.00547. The number of hydrogen-bond donors (Lipinski definition) is 0. The molecule has 0 saturated heterocycles. The van der Waals surface area contributed by atoms with E-state index >= 15 is 0 Å². The Bertz CT molecular complexity index is 971. The zero-order valence-electron chi connectivity index (χ0n) is 24.2. The molecule has 2 aromatic carbocycles. The number of unbranched alkanes of at least 4 members (excludes halogenated alkanes) is 16. The van der Waals surface area contributed by atoms with Crippen molar-refractivity contribution in [3.05, 3.63) is 41.5 Å². The van der Waals surface area contributed by atoms with E-state index in [1.54, 1.807) is 0 Å². The van der Waals surface area contributed by atoms with Gasteiger partial charge in [-0.3, -0.25) is 0 Å². The minimum absolute atomic E-state index is 0. The van der Waals surface area contributed by atoms with Gasteiger partial charge in [-0.1, -0.05) is 141 Å². The molecule has 0 N–H and O–H groups in total. The van der Waals surface area contributed by atoms with Gasteiger partial charge >= 0.3 is 29.6 Å². The molecule has 0 radical (unpaired) electrons. The predicted octanol–water partition coefficient (Wildman–Crippen LogP) is 6.89. The summed E-state index contributed by atoms with van der Waals surface area (Å²) in [5.74, 6) is 0. The van der Waals surface area contributed by atoms with Gasteiger partial charge in [0.2, 0.25) is 0 Å². The average Bonchev–Trinajstić information content (AvgIpc) is 2.86. The third kappa shape index (κ3) is 13.5. The SMILES string of the molecule is CCCCCCCCCCCc1cccc2ccc(S(=O)(=O)[O-])c(CCCCCCCCCCC)c12.[Na+]. The zero-order chi connectivity index (χ0) is 26.1. The summed E-state index contributed by atoms with van der Waals surface area (Å²) in [6, 6.07) is 9.61. The molecule has 0 aliphatic heterocycles. The van der Waals surface area contributed by atoms with Crippen molar-refractivity contribution in [2.24, 2.45) is 0 Å². The van der Waals surface area contributed by atoms with Crippen molar-refractivity contribution >= 4 is 20.9 Å². The van der Waals surface area contributed by atoms with Gasteiger partial charge in [0.15, 0.2) is 0 Å². The molecule has 0 atom stereocenters. The minimum Gasteiger partial charge on any atom is -0.744 e. The molecule has 0 fully saturated rings. The van der Waals surface area contributed by atoms with Gasteiger partial charge in [0.05, 0.1) is 4.90 Å². The third-order valence-corrected chi connectivity index (χ3v) is 8.47. The molecule has 0 saturated carbocycles. The molecule has 0 aliphatic rings. The van der Waals surface area contributed by atoms with E-state index in [0.717, 1.165) is 42.0 Å². The van der Waals surface area contributed by atoms with Crippen LogP contribution in [0.1, 0.15) is 141 Å². The molecule has 37 heavy (non-hydrogen) atoms. The fourth-order valence-electron chi connectivity index (χ4n) is 5.45. The van der Waals surface area contributed by atoms with Crippen molar-refractivity contribution in [3.63, 3.8) is 0 Å². The Morgan fingerprint density at radius 1 is 0.595 bits per heavy atom. The van der Waals surface area contributed by atoms with Crippen LogP contribution in [-0.2, 0) is 23.0 Å². The second-order valence-corrected chi connectivity index (χ2v) is 12.0. The third-order valence-electron chi connectivity index (χ3n) is 7.55. The molecule has 0 aromatic heterocycles. The van der Waals surface area contributed by atoms with Gasteiger partial charge in [-0.15, -0.1) is 0 Å². The molecule has 0 bridgehead atoms. The maximum absolute atomic E-state index is 12.1. The van der Waals surface area contributed by atoms with Crippen LogP contribution in [0, 0.1) is 0 Å². The monoisotopic (exact) mass is 538 g/mol. The van der Waals surface area contributed by atoms with Crippen molar-refractivity contribution in [2.45, 2.75) is 147 Å². The first-order valence-corrected chi connectivity index (χ1v) is 16.4. The van der Waals surface area contributed by atoms with Crippen LogP contribution in [0.5, 0.6) is 0 Å². The topological polar surface area (TPSA) is 57.2 Å². The van der Waals surface area contributed by atoms with Crippen molar-refractivity contribution in [3.8, 4) is 0 Å². The van der Waals surface area contributed by atoms with E-state index in [1.165, 1.54) is 108 Å². The van der Waals surface area contributed by atoms with E-state index < -0.39 is 10.1 Å². The van der Waals surface area contributed by atoms with E-state index in [-0.39, 0.29) is 34.5 Å². The van der Waals surface area contributed by atoms with E-state index in [2.05, 4.69) is 32.0 Å². The number of benzene rings is 2. The molecule has 0 spiro atoms. The summed E-state index contributed by atoms with van der Waals surface area (Å²) in [6.45, 7) is 4.50. The summed E-state index contributed by atoms with van der Waals surface area (Å²) >= 11 is 0. The molecular weight excluding hydrogens is 487 g/mol. The van der Waals surface area contributed by atoms with Crippen molar-refractivity contribution in [1.82, 2.24) is 0 Å². The van der Waals surface area contributed by atoms with Gasteiger partial charge < -0.3 is 4.55 Å². The molecule has 0 amide bonds. The molecule has 0 aliphatic carbocycles. The molecule has 3 nitrogen and oxygen atoms in total. The summed E-state index contributed by atoms with van der Waals surface area (Å²) in [7, 11) is -4.49. The predicted molar refractivity (Wildman–Crippen MR) is 154 cm³/mol. The van der Waals surface area contributed by atoms with Gasteiger partial charge in [0.1, 0.15) is 10.1 Å². The Morgan fingerprint density at radius 3 is 1.54 bits per heavy atom. The first kappa shape index (κ1) is 34.6. The van der Waals surface area contributed by atoms with E-state index in [1.807, 2.05) is 6.07 Å². The molecule has 2 aromatic rings. The Morgan fingerprint density at radius 2 is 1.05 bits per heavy atom. The normalized spacial score (nSPS) is 11.6. The molecule has 0 heterocycles. The van der Waals surface area contributed by atoms with Gasteiger partial charge in [0, 0.05) is 0 Å². The second kappa shape index (κ2) is 20.5. The zero-order valence-corrected chi connectivity index (χ0v) is 27.0. The maximum Gasteiger partial charge on any atom is 1.00 e. The molecule has 204 valence electrons. The first-order valence-electron chi connectivity index (χ1n) is 15.0. The number of aryl methyl sites for hydroxylation is 2. The fourth-order valence-corrected chi connectivity index (χ4v) is 6.19. The number of hydrogen-bond acceptors (Lipinski definition) is 3. The van der Waals surface area contributed by atoms with Crippen LogP contribution in [-0.4, -0.2) is 13.0 Å².